The molecule has 3 rings (SSSR count). The largest absolute Gasteiger partial charge is 0.353 e. The summed E-state index contributed by atoms with van der Waals surface area (Å²) in [5.74, 6) is -1.84. The second-order valence-electron chi connectivity index (χ2n) is 7.63. The van der Waals surface area contributed by atoms with Crippen molar-refractivity contribution in [2.24, 2.45) is 5.92 Å². The number of anilines is 1. The van der Waals surface area contributed by atoms with E-state index in [9.17, 15) is 18.0 Å². The lowest BCUT2D eigenvalue weighted by Gasteiger charge is -2.36. The number of aromatic nitrogens is 1. The van der Waals surface area contributed by atoms with Gasteiger partial charge in [-0.05, 0) is 30.2 Å². The van der Waals surface area contributed by atoms with E-state index in [4.69, 9.17) is 5.26 Å². The summed E-state index contributed by atoms with van der Waals surface area (Å²) in [5, 5.41) is 9.80. The number of rotatable bonds is 8. The van der Waals surface area contributed by atoms with Crippen LogP contribution in [0, 0.1) is 17.2 Å². The van der Waals surface area contributed by atoms with Crippen LogP contribution in [0.25, 0.3) is 6.08 Å². The maximum Gasteiger partial charge on any atom is 0.257 e. The molecule has 2 heterocycles. The topological polar surface area (TPSA) is 123 Å². The summed E-state index contributed by atoms with van der Waals surface area (Å²) in [7, 11) is -4.08. The lowest BCUT2D eigenvalue weighted by atomic mass is 10.0. The quantitative estimate of drug-likeness (QED) is 0.453. The van der Waals surface area contributed by atoms with Crippen molar-refractivity contribution in [2.75, 3.05) is 31.1 Å². The molecule has 1 aliphatic heterocycles. The van der Waals surface area contributed by atoms with Crippen LogP contribution in [0.5, 0.6) is 0 Å². The van der Waals surface area contributed by atoms with E-state index < -0.39 is 27.8 Å². The van der Waals surface area contributed by atoms with Crippen LogP contribution in [-0.2, 0) is 19.6 Å². The Morgan fingerprint density at radius 3 is 2.44 bits per heavy atom. The number of carbonyl (C=O) groups excluding carboxylic acids is 2. The number of hydrogen-bond acceptors (Lipinski definition) is 7. The summed E-state index contributed by atoms with van der Waals surface area (Å²) in [5.41, 5.74) is 1.12. The average molecular weight is 480 g/mol. The molecule has 0 bridgehead atoms. The molecule has 1 fully saturated rings. The van der Waals surface area contributed by atoms with Crippen LogP contribution in [0.2, 0.25) is 0 Å². The second-order valence-corrected chi connectivity index (χ2v) is 9.20. The third kappa shape index (κ3) is 6.52. The SMILES string of the molecule is C=CCC(C(=O)NS(=O)(=O)C=Cc1ccccc1)C(=O)N1CCN(c2ccc(C#N)cn2)CC1. The van der Waals surface area contributed by atoms with Gasteiger partial charge in [0.05, 0.1) is 11.0 Å². The van der Waals surface area contributed by atoms with Crippen molar-refractivity contribution in [3.8, 4) is 6.07 Å². The van der Waals surface area contributed by atoms with Crippen LogP contribution < -0.4 is 9.62 Å². The third-order valence-electron chi connectivity index (χ3n) is 5.29. The number of amides is 2. The number of sulfonamides is 1. The molecule has 0 aliphatic carbocycles. The Kier molecular flexibility index (Phi) is 8.16. The van der Waals surface area contributed by atoms with Gasteiger partial charge in [-0.15, -0.1) is 6.58 Å². The van der Waals surface area contributed by atoms with Crippen LogP contribution in [-0.4, -0.2) is 56.3 Å². The van der Waals surface area contributed by atoms with E-state index in [0.717, 1.165) is 5.41 Å². The zero-order valence-electron chi connectivity index (χ0n) is 18.5. The van der Waals surface area contributed by atoms with Gasteiger partial charge in [0.25, 0.3) is 10.0 Å². The maximum absolute atomic E-state index is 13.1. The van der Waals surface area contributed by atoms with E-state index in [1.54, 1.807) is 47.4 Å². The number of allylic oxidation sites excluding steroid dienone is 1. The summed E-state index contributed by atoms with van der Waals surface area (Å²) < 4.78 is 26.7. The Bertz CT molecular complexity index is 1200. The number of piperazine rings is 1. The fraction of sp³-hybridized carbons (Fsp3) is 0.250. The summed E-state index contributed by atoms with van der Waals surface area (Å²) in [6.07, 6.45) is 4.30. The summed E-state index contributed by atoms with van der Waals surface area (Å²) in [6, 6.07) is 14.2. The smallest absolute Gasteiger partial charge is 0.257 e. The molecule has 1 aliphatic rings. The van der Waals surface area contributed by atoms with Gasteiger partial charge >= 0.3 is 0 Å². The molecule has 2 amide bonds. The van der Waals surface area contributed by atoms with Crippen molar-refractivity contribution < 1.29 is 18.0 Å². The summed E-state index contributed by atoms with van der Waals surface area (Å²) >= 11 is 0. The lowest BCUT2D eigenvalue weighted by Crippen LogP contribution is -2.52. The molecule has 0 spiro atoms. The normalized spacial score (nSPS) is 14.9. The lowest BCUT2D eigenvalue weighted by molar-refractivity contribution is -0.141. The van der Waals surface area contributed by atoms with Gasteiger partial charge in [-0.25, -0.2) is 18.1 Å². The van der Waals surface area contributed by atoms with Gasteiger partial charge in [-0.3, -0.25) is 9.59 Å². The highest BCUT2D eigenvalue weighted by Crippen LogP contribution is 2.17. The van der Waals surface area contributed by atoms with Crippen LogP contribution in [0.15, 0.2) is 66.7 Å². The first-order chi connectivity index (χ1) is 16.3. The number of hydrogen-bond donors (Lipinski definition) is 1. The minimum Gasteiger partial charge on any atom is -0.353 e. The molecule has 176 valence electrons. The van der Waals surface area contributed by atoms with Gasteiger partial charge in [-0.1, -0.05) is 36.4 Å². The molecule has 10 heteroatoms. The first-order valence-corrected chi connectivity index (χ1v) is 12.2. The standard InChI is InChI=1S/C24H25N5O4S/c1-2-6-21(23(30)27-34(32,33)16-11-19-7-4-3-5-8-19)24(31)29-14-12-28(13-15-29)22-10-9-20(17-25)18-26-22/h2-5,7-11,16,18,21H,1,6,12-15H2,(H,27,30). The van der Waals surface area contributed by atoms with Crippen molar-refractivity contribution in [1.82, 2.24) is 14.6 Å². The van der Waals surface area contributed by atoms with E-state index in [1.165, 1.54) is 18.3 Å². The zero-order chi connectivity index (χ0) is 24.6. The number of nitriles is 1. The zero-order valence-corrected chi connectivity index (χ0v) is 19.3. The number of pyridine rings is 1. The van der Waals surface area contributed by atoms with Gasteiger partial charge in [0.2, 0.25) is 11.8 Å². The van der Waals surface area contributed by atoms with Crippen molar-refractivity contribution >= 4 is 33.7 Å². The molecular weight excluding hydrogens is 454 g/mol. The monoisotopic (exact) mass is 479 g/mol. The van der Waals surface area contributed by atoms with Gasteiger partial charge in [0.1, 0.15) is 17.8 Å². The molecular formula is C24H25N5O4S. The van der Waals surface area contributed by atoms with Gasteiger partial charge < -0.3 is 9.80 Å². The van der Waals surface area contributed by atoms with Gasteiger partial charge in [-0.2, -0.15) is 5.26 Å². The van der Waals surface area contributed by atoms with E-state index in [1.807, 2.05) is 15.7 Å². The molecule has 34 heavy (non-hydrogen) atoms. The maximum atomic E-state index is 13.1. The number of nitrogens with one attached hydrogen (secondary N) is 1. The van der Waals surface area contributed by atoms with E-state index >= 15 is 0 Å². The summed E-state index contributed by atoms with van der Waals surface area (Å²) in [4.78, 5) is 33.6. The molecule has 9 nitrogen and oxygen atoms in total. The van der Waals surface area contributed by atoms with Crippen molar-refractivity contribution in [3.05, 3.63) is 77.9 Å². The molecule has 1 aromatic heterocycles. The van der Waals surface area contributed by atoms with Crippen molar-refractivity contribution in [1.29, 1.82) is 5.26 Å². The van der Waals surface area contributed by atoms with Crippen LogP contribution in [0.4, 0.5) is 5.82 Å². The molecule has 1 N–H and O–H groups in total. The fourth-order valence-electron chi connectivity index (χ4n) is 3.48. The average Bonchev–Trinajstić information content (AvgIpc) is 2.86. The Hall–Kier alpha value is -3.97. The van der Waals surface area contributed by atoms with Gasteiger partial charge in [0.15, 0.2) is 0 Å². The Labute approximate surface area is 199 Å². The highest BCUT2D eigenvalue weighted by Gasteiger charge is 2.33. The molecule has 1 atom stereocenters. The van der Waals surface area contributed by atoms with Gasteiger partial charge in [0, 0.05) is 32.4 Å². The predicted octanol–water partition coefficient (Wildman–Crippen LogP) is 1.91. The number of benzene rings is 1. The minimum atomic E-state index is -4.08. The van der Waals surface area contributed by atoms with Crippen molar-refractivity contribution in [2.45, 2.75) is 6.42 Å². The molecule has 2 aromatic rings. The highest BCUT2D eigenvalue weighted by molar-refractivity contribution is 7.93. The first kappa shape index (κ1) is 24.7. The Morgan fingerprint density at radius 2 is 1.85 bits per heavy atom. The van der Waals surface area contributed by atoms with E-state index in [0.29, 0.717) is 43.1 Å². The Balaban J connectivity index is 1.62. The third-order valence-corrected chi connectivity index (χ3v) is 6.27. The highest BCUT2D eigenvalue weighted by atomic mass is 32.2. The number of carbonyl (C=O) groups is 2. The summed E-state index contributed by atoms with van der Waals surface area (Å²) in [6.45, 7) is 5.28. The van der Waals surface area contributed by atoms with Crippen LogP contribution >= 0.6 is 0 Å². The van der Waals surface area contributed by atoms with E-state index in [-0.39, 0.29) is 6.42 Å². The minimum absolute atomic E-state index is 0.0139. The fourth-order valence-corrected chi connectivity index (χ4v) is 4.31. The Morgan fingerprint density at radius 1 is 1.15 bits per heavy atom. The molecule has 0 saturated carbocycles. The number of nitrogens with zero attached hydrogens (tertiary/aromatic N) is 4. The molecule has 1 aromatic carbocycles. The molecule has 1 unspecified atom stereocenters. The van der Waals surface area contributed by atoms with Crippen LogP contribution in [0.3, 0.4) is 0 Å². The predicted molar refractivity (Wildman–Crippen MR) is 129 cm³/mol. The second kappa shape index (κ2) is 11.2. The molecule has 0 radical (unpaired) electrons. The van der Waals surface area contributed by atoms with Crippen LogP contribution in [0.1, 0.15) is 17.5 Å². The van der Waals surface area contributed by atoms with Crippen molar-refractivity contribution in [3.63, 3.8) is 0 Å². The molecule has 1 saturated heterocycles. The van der Waals surface area contributed by atoms with E-state index in [2.05, 4.69) is 11.6 Å². The first-order valence-electron chi connectivity index (χ1n) is 10.6.